The van der Waals surface area contributed by atoms with Crippen LogP contribution in [0.4, 0.5) is 5.82 Å². The summed E-state index contributed by atoms with van der Waals surface area (Å²) < 4.78 is 9.69. The Morgan fingerprint density at radius 2 is 1.87 bits per heavy atom. The third kappa shape index (κ3) is 6.29. The van der Waals surface area contributed by atoms with Gasteiger partial charge in [-0.15, -0.1) is 0 Å². The van der Waals surface area contributed by atoms with E-state index in [-0.39, 0.29) is 37.6 Å². The number of nitrogens with zero attached hydrogens (tertiary/aromatic N) is 2. The Labute approximate surface area is 133 Å². The van der Waals surface area contributed by atoms with Gasteiger partial charge >= 0.3 is 11.9 Å². The van der Waals surface area contributed by atoms with Crippen LogP contribution in [0.25, 0.3) is 0 Å². The fourth-order valence-electron chi connectivity index (χ4n) is 1.67. The molecule has 1 unspecified atom stereocenters. The predicted molar refractivity (Wildman–Crippen MR) is 80.2 cm³/mol. The van der Waals surface area contributed by atoms with E-state index in [1.165, 1.54) is 12.4 Å². The zero-order valence-electron chi connectivity index (χ0n) is 13.1. The van der Waals surface area contributed by atoms with Gasteiger partial charge in [-0.2, -0.15) is 0 Å². The smallest absolute Gasteiger partial charge is 0.328 e. The number of hydrogen-bond acceptors (Lipinski definition) is 8. The number of amides is 1. The third-order valence-electron chi connectivity index (χ3n) is 2.72. The van der Waals surface area contributed by atoms with E-state index in [2.05, 4.69) is 15.3 Å². The van der Waals surface area contributed by atoms with Crippen molar-refractivity contribution < 1.29 is 23.9 Å². The van der Waals surface area contributed by atoms with Crippen molar-refractivity contribution in [3.05, 3.63) is 18.1 Å². The van der Waals surface area contributed by atoms with Gasteiger partial charge < -0.3 is 20.5 Å². The Balaban J connectivity index is 2.71. The van der Waals surface area contributed by atoms with Crippen LogP contribution >= 0.6 is 0 Å². The minimum absolute atomic E-state index is 0.00429. The second kappa shape index (κ2) is 9.34. The number of esters is 2. The van der Waals surface area contributed by atoms with Gasteiger partial charge in [0.1, 0.15) is 17.6 Å². The monoisotopic (exact) mass is 324 g/mol. The second-order valence-electron chi connectivity index (χ2n) is 4.45. The summed E-state index contributed by atoms with van der Waals surface area (Å²) in [5.41, 5.74) is 5.40. The highest BCUT2D eigenvalue weighted by Crippen LogP contribution is 2.04. The van der Waals surface area contributed by atoms with Gasteiger partial charge in [0.15, 0.2) is 0 Å². The van der Waals surface area contributed by atoms with E-state index in [4.69, 9.17) is 15.2 Å². The van der Waals surface area contributed by atoms with E-state index >= 15 is 0 Å². The SMILES string of the molecule is CCOC(=O)CCC(NC(=O)c1cnc(N)cn1)C(=O)OCC. The average Bonchev–Trinajstić information content (AvgIpc) is 2.52. The first-order valence-electron chi connectivity index (χ1n) is 7.18. The van der Waals surface area contributed by atoms with Gasteiger partial charge in [-0.05, 0) is 20.3 Å². The number of carbonyl (C=O) groups excluding carboxylic acids is 3. The lowest BCUT2D eigenvalue weighted by molar-refractivity contribution is -0.146. The largest absolute Gasteiger partial charge is 0.466 e. The topological polar surface area (TPSA) is 133 Å². The van der Waals surface area contributed by atoms with Gasteiger partial charge in [0.2, 0.25) is 0 Å². The van der Waals surface area contributed by atoms with Crippen LogP contribution < -0.4 is 11.1 Å². The zero-order chi connectivity index (χ0) is 17.2. The van der Waals surface area contributed by atoms with E-state index in [1.807, 2.05) is 0 Å². The van der Waals surface area contributed by atoms with E-state index in [1.54, 1.807) is 13.8 Å². The summed E-state index contributed by atoms with van der Waals surface area (Å²) in [4.78, 5) is 42.9. The first-order valence-corrected chi connectivity index (χ1v) is 7.18. The van der Waals surface area contributed by atoms with Crippen LogP contribution in [0.2, 0.25) is 0 Å². The van der Waals surface area contributed by atoms with Crippen LogP contribution in [0.3, 0.4) is 0 Å². The minimum Gasteiger partial charge on any atom is -0.466 e. The molecule has 0 bridgehead atoms. The molecule has 1 rings (SSSR count). The molecule has 23 heavy (non-hydrogen) atoms. The predicted octanol–water partition coefficient (Wildman–Crippen LogP) is 0.0636. The molecule has 0 aromatic carbocycles. The second-order valence-corrected chi connectivity index (χ2v) is 4.45. The Morgan fingerprint density at radius 1 is 1.17 bits per heavy atom. The number of carbonyl (C=O) groups is 3. The summed E-state index contributed by atoms with van der Waals surface area (Å²) in [7, 11) is 0. The summed E-state index contributed by atoms with van der Waals surface area (Å²) in [5.74, 6) is -1.53. The minimum atomic E-state index is -0.980. The standard InChI is InChI=1S/C14H20N4O5/c1-3-22-12(19)6-5-9(14(21)23-4-2)18-13(20)10-7-17-11(15)8-16-10/h7-9H,3-6H2,1-2H3,(H2,15,17)(H,18,20). The van der Waals surface area contributed by atoms with E-state index in [0.29, 0.717) is 0 Å². The van der Waals surface area contributed by atoms with Crippen molar-refractivity contribution in [1.82, 2.24) is 15.3 Å². The fraction of sp³-hybridized carbons (Fsp3) is 0.500. The van der Waals surface area contributed by atoms with Gasteiger partial charge in [-0.3, -0.25) is 9.59 Å². The molecule has 9 heteroatoms. The van der Waals surface area contributed by atoms with Crippen LogP contribution in [0.5, 0.6) is 0 Å². The zero-order valence-corrected chi connectivity index (χ0v) is 13.1. The van der Waals surface area contributed by atoms with Crippen molar-refractivity contribution in [2.24, 2.45) is 0 Å². The lowest BCUT2D eigenvalue weighted by Crippen LogP contribution is -2.42. The molecule has 1 aromatic rings. The molecule has 0 fully saturated rings. The molecule has 126 valence electrons. The van der Waals surface area contributed by atoms with Crippen LogP contribution in [-0.2, 0) is 19.1 Å². The summed E-state index contributed by atoms with van der Waals surface area (Å²) >= 11 is 0. The Hall–Kier alpha value is -2.71. The molecule has 0 aliphatic heterocycles. The molecule has 1 atom stereocenters. The van der Waals surface area contributed by atoms with E-state index in [0.717, 1.165) is 0 Å². The van der Waals surface area contributed by atoms with Gasteiger partial charge in [0.25, 0.3) is 5.91 Å². The molecule has 0 radical (unpaired) electrons. The molecule has 0 saturated carbocycles. The van der Waals surface area contributed by atoms with Crippen molar-refractivity contribution >= 4 is 23.7 Å². The number of nitrogens with one attached hydrogen (secondary N) is 1. The van der Waals surface area contributed by atoms with E-state index < -0.39 is 23.9 Å². The Kier molecular flexibility index (Phi) is 7.44. The van der Waals surface area contributed by atoms with Gasteiger partial charge in [0, 0.05) is 6.42 Å². The molecule has 0 saturated heterocycles. The van der Waals surface area contributed by atoms with Gasteiger partial charge in [0.05, 0.1) is 25.6 Å². The van der Waals surface area contributed by atoms with Crippen molar-refractivity contribution in [1.29, 1.82) is 0 Å². The van der Waals surface area contributed by atoms with Crippen molar-refractivity contribution in [3.63, 3.8) is 0 Å². The van der Waals surface area contributed by atoms with Crippen molar-refractivity contribution in [2.75, 3.05) is 18.9 Å². The molecular weight excluding hydrogens is 304 g/mol. The summed E-state index contributed by atoms with van der Waals surface area (Å²) in [6, 6.07) is -0.980. The fourth-order valence-corrected chi connectivity index (χ4v) is 1.67. The molecule has 0 aliphatic rings. The van der Waals surface area contributed by atoms with Gasteiger partial charge in [-0.25, -0.2) is 14.8 Å². The number of anilines is 1. The van der Waals surface area contributed by atoms with Gasteiger partial charge in [-0.1, -0.05) is 0 Å². The molecule has 1 heterocycles. The summed E-state index contributed by atoms with van der Waals surface area (Å²) in [6.07, 6.45) is 2.46. The first-order chi connectivity index (χ1) is 11.0. The highest BCUT2D eigenvalue weighted by Gasteiger charge is 2.24. The Bertz CT molecular complexity index is 547. The molecule has 0 spiro atoms. The number of rotatable bonds is 8. The summed E-state index contributed by atoms with van der Waals surface area (Å²) in [6.45, 7) is 3.73. The number of nitrogen functional groups attached to an aromatic ring is 1. The van der Waals surface area contributed by atoms with E-state index in [9.17, 15) is 14.4 Å². The molecule has 1 aromatic heterocycles. The lowest BCUT2D eigenvalue weighted by Gasteiger charge is -2.16. The van der Waals surface area contributed by atoms with Crippen LogP contribution in [-0.4, -0.2) is 47.1 Å². The third-order valence-corrected chi connectivity index (χ3v) is 2.72. The maximum atomic E-state index is 12.1. The number of ether oxygens (including phenoxy) is 2. The van der Waals surface area contributed by atoms with Crippen LogP contribution in [0, 0.1) is 0 Å². The average molecular weight is 324 g/mol. The van der Waals surface area contributed by atoms with Crippen LogP contribution in [0.15, 0.2) is 12.4 Å². The van der Waals surface area contributed by atoms with Crippen molar-refractivity contribution in [2.45, 2.75) is 32.7 Å². The maximum absolute atomic E-state index is 12.1. The number of hydrogen-bond donors (Lipinski definition) is 2. The summed E-state index contributed by atoms with van der Waals surface area (Å²) in [5, 5.41) is 2.47. The quantitative estimate of drug-likeness (QED) is 0.641. The molecule has 0 aliphatic carbocycles. The molecule has 1 amide bonds. The van der Waals surface area contributed by atoms with Crippen LogP contribution in [0.1, 0.15) is 37.2 Å². The highest BCUT2D eigenvalue weighted by atomic mass is 16.5. The molecule has 9 nitrogen and oxygen atoms in total. The number of aromatic nitrogens is 2. The first kappa shape index (κ1) is 18.3. The molecular formula is C14H20N4O5. The molecule has 3 N–H and O–H groups in total. The Morgan fingerprint density at radius 3 is 2.43 bits per heavy atom. The normalized spacial score (nSPS) is 11.4. The highest BCUT2D eigenvalue weighted by molar-refractivity contribution is 5.95. The number of nitrogens with two attached hydrogens (primary N) is 1. The lowest BCUT2D eigenvalue weighted by atomic mass is 10.1. The van der Waals surface area contributed by atoms with Crippen molar-refractivity contribution in [3.8, 4) is 0 Å². The maximum Gasteiger partial charge on any atom is 0.328 e.